The molecule has 1 atom stereocenters. The molecule has 0 bridgehead atoms. The second-order valence-corrected chi connectivity index (χ2v) is 6.38. The van der Waals surface area contributed by atoms with Crippen molar-refractivity contribution in [1.29, 1.82) is 0 Å². The van der Waals surface area contributed by atoms with Crippen molar-refractivity contribution in [3.05, 3.63) is 64.5 Å². The van der Waals surface area contributed by atoms with Gasteiger partial charge >= 0.3 is 0 Å². The molecule has 7 nitrogen and oxygen atoms in total. The Morgan fingerprint density at radius 2 is 1.92 bits per heavy atom. The van der Waals surface area contributed by atoms with Gasteiger partial charge in [-0.15, -0.1) is 10.2 Å². The van der Waals surface area contributed by atoms with Gasteiger partial charge in [0.05, 0.1) is 12.6 Å². The molecule has 128 valence electrons. The Morgan fingerprint density at radius 1 is 1.16 bits per heavy atom. The van der Waals surface area contributed by atoms with E-state index in [0.29, 0.717) is 17.0 Å². The lowest BCUT2D eigenvalue weighted by atomic mass is 10.2. The van der Waals surface area contributed by atoms with E-state index in [9.17, 15) is 9.59 Å². The summed E-state index contributed by atoms with van der Waals surface area (Å²) < 4.78 is 2.70. The molecule has 25 heavy (non-hydrogen) atoms. The van der Waals surface area contributed by atoms with Crippen LogP contribution < -0.4 is 10.6 Å². The monoisotopic (exact) mass is 401 g/mol. The van der Waals surface area contributed by atoms with E-state index < -0.39 is 0 Å². The van der Waals surface area contributed by atoms with Crippen LogP contribution in [0.3, 0.4) is 0 Å². The average Bonchev–Trinajstić information content (AvgIpc) is 3.04. The number of fused-ring (bicyclic) bond motifs is 1. The topological polar surface area (TPSA) is 88.4 Å². The fraction of sp³-hybridized carbons (Fsp3) is 0.176. The van der Waals surface area contributed by atoms with Crippen LogP contribution in [0.2, 0.25) is 0 Å². The lowest BCUT2D eigenvalue weighted by Gasteiger charge is -2.13. The molecule has 1 aromatic carbocycles. The summed E-state index contributed by atoms with van der Waals surface area (Å²) in [7, 11) is 0. The summed E-state index contributed by atoms with van der Waals surface area (Å²) in [6.45, 7) is 1.70. The van der Waals surface area contributed by atoms with Gasteiger partial charge in [0.15, 0.2) is 11.5 Å². The van der Waals surface area contributed by atoms with Gasteiger partial charge in [0.1, 0.15) is 0 Å². The Bertz CT molecular complexity index is 907. The molecule has 0 saturated carbocycles. The van der Waals surface area contributed by atoms with Gasteiger partial charge < -0.3 is 10.6 Å². The number of nitrogens with one attached hydrogen (secondary N) is 2. The molecular formula is C17H16BrN5O2. The summed E-state index contributed by atoms with van der Waals surface area (Å²) in [4.78, 5) is 24.1. The van der Waals surface area contributed by atoms with Crippen molar-refractivity contribution < 1.29 is 9.59 Å². The molecule has 0 radical (unpaired) electrons. The van der Waals surface area contributed by atoms with Gasteiger partial charge in [-0.25, -0.2) is 0 Å². The maximum atomic E-state index is 12.1. The number of amides is 2. The van der Waals surface area contributed by atoms with E-state index in [4.69, 9.17) is 0 Å². The van der Waals surface area contributed by atoms with Crippen molar-refractivity contribution in [3.8, 4) is 0 Å². The molecule has 3 aromatic rings. The molecule has 2 amide bonds. The van der Waals surface area contributed by atoms with E-state index >= 15 is 0 Å². The van der Waals surface area contributed by atoms with E-state index in [0.717, 1.165) is 4.47 Å². The Labute approximate surface area is 152 Å². The first kappa shape index (κ1) is 17.1. The summed E-state index contributed by atoms with van der Waals surface area (Å²) in [6, 6.07) is 12.1. The number of carbonyl (C=O) groups is 2. The van der Waals surface area contributed by atoms with Crippen LogP contribution in [-0.2, 0) is 4.79 Å². The standard InChI is InChI=1S/C17H16BrN5O2/c1-11(16-22-21-14-4-2-3-9-23(14)16)20-15(24)10-19-17(25)12-5-7-13(18)8-6-12/h2-9,11H,10H2,1H3,(H,19,25)(H,20,24). The van der Waals surface area contributed by atoms with Gasteiger partial charge in [0, 0.05) is 16.2 Å². The largest absolute Gasteiger partial charge is 0.345 e. The molecule has 2 aromatic heterocycles. The van der Waals surface area contributed by atoms with Gasteiger partial charge in [-0.1, -0.05) is 22.0 Å². The van der Waals surface area contributed by atoms with Crippen molar-refractivity contribution in [2.45, 2.75) is 13.0 Å². The Hall–Kier alpha value is -2.74. The van der Waals surface area contributed by atoms with E-state index in [1.165, 1.54) is 0 Å². The van der Waals surface area contributed by atoms with Crippen LogP contribution in [0, 0.1) is 0 Å². The minimum atomic E-state index is -0.338. The van der Waals surface area contributed by atoms with Gasteiger partial charge in [-0.3, -0.25) is 14.0 Å². The van der Waals surface area contributed by atoms with E-state index in [1.54, 1.807) is 24.3 Å². The van der Waals surface area contributed by atoms with Crippen molar-refractivity contribution >= 4 is 33.4 Å². The summed E-state index contributed by atoms with van der Waals surface area (Å²) in [5.74, 6) is 0.0251. The second kappa shape index (κ2) is 7.43. The Morgan fingerprint density at radius 3 is 2.68 bits per heavy atom. The SMILES string of the molecule is CC(NC(=O)CNC(=O)c1ccc(Br)cc1)c1nnc2ccccn12. The molecule has 0 spiro atoms. The van der Waals surface area contributed by atoms with Crippen LogP contribution in [0.5, 0.6) is 0 Å². The van der Waals surface area contributed by atoms with Gasteiger partial charge in [0.25, 0.3) is 5.91 Å². The zero-order chi connectivity index (χ0) is 17.8. The van der Waals surface area contributed by atoms with Crippen LogP contribution in [0.25, 0.3) is 5.65 Å². The van der Waals surface area contributed by atoms with Crippen LogP contribution in [0.4, 0.5) is 0 Å². The second-order valence-electron chi connectivity index (χ2n) is 5.47. The van der Waals surface area contributed by atoms with Gasteiger partial charge in [0.2, 0.25) is 5.91 Å². The number of aromatic nitrogens is 3. The molecule has 2 N–H and O–H groups in total. The van der Waals surface area contributed by atoms with Gasteiger partial charge in [-0.2, -0.15) is 0 Å². The highest BCUT2D eigenvalue weighted by Crippen LogP contribution is 2.12. The first-order chi connectivity index (χ1) is 12.0. The van der Waals surface area contributed by atoms with Crippen LogP contribution in [-0.4, -0.2) is 33.0 Å². The van der Waals surface area contributed by atoms with Crippen LogP contribution in [0.1, 0.15) is 29.1 Å². The van der Waals surface area contributed by atoms with Crippen molar-refractivity contribution in [3.63, 3.8) is 0 Å². The molecular weight excluding hydrogens is 386 g/mol. The predicted octanol–water partition coefficient (Wildman–Crippen LogP) is 2.10. The van der Waals surface area contributed by atoms with Crippen LogP contribution >= 0.6 is 15.9 Å². The Kier molecular flexibility index (Phi) is 5.08. The highest BCUT2D eigenvalue weighted by Gasteiger charge is 2.16. The first-order valence-corrected chi connectivity index (χ1v) is 8.46. The van der Waals surface area contributed by atoms with Gasteiger partial charge in [-0.05, 0) is 43.3 Å². The van der Waals surface area contributed by atoms with Crippen molar-refractivity contribution in [2.75, 3.05) is 6.54 Å². The minimum Gasteiger partial charge on any atom is -0.345 e. The lowest BCUT2D eigenvalue weighted by Crippen LogP contribution is -2.38. The first-order valence-electron chi connectivity index (χ1n) is 7.67. The van der Waals surface area contributed by atoms with Crippen molar-refractivity contribution in [2.24, 2.45) is 0 Å². The number of hydrogen-bond donors (Lipinski definition) is 2. The fourth-order valence-electron chi connectivity index (χ4n) is 2.38. The number of pyridine rings is 1. The van der Waals surface area contributed by atoms with Crippen molar-refractivity contribution in [1.82, 2.24) is 25.2 Å². The quantitative estimate of drug-likeness (QED) is 0.684. The van der Waals surface area contributed by atoms with Crippen LogP contribution in [0.15, 0.2) is 53.1 Å². The number of rotatable bonds is 5. The number of hydrogen-bond acceptors (Lipinski definition) is 4. The smallest absolute Gasteiger partial charge is 0.251 e. The molecule has 0 saturated heterocycles. The minimum absolute atomic E-state index is 0.115. The normalized spacial score (nSPS) is 11.9. The molecule has 8 heteroatoms. The number of nitrogens with zero attached hydrogens (tertiary/aromatic N) is 3. The number of halogens is 1. The molecule has 0 aliphatic rings. The zero-order valence-electron chi connectivity index (χ0n) is 13.4. The number of carbonyl (C=O) groups excluding carboxylic acids is 2. The third-order valence-electron chi connectivity index (χ3n) is 3.62. The molecule has 0 aliphatic carbocycles. The number of benzene rings is 1. The lowest BCUT2D eigenvalue weighted by molar-refractivity contribution is -0.120. The molecule has 1 unspecified atom stereocenters. The molecule has 2 heterocycles. The average molecular weight is 402 g/mol. The molecule has 0 aliphatic heterocycles. The summed E-state index contributed by atoms with van der Waals surface area (Å²) in [6.07, 6.45) is 1.84. The summed E-state index contributed by atoms with van der Waals surface area (Å²) in [5.41, 5.74) is 1.20. The fourth-order valence-corrected chi connectivity index (χ4v) is 2.64. The van der Waals surface area contributed by atoms with E-state index in [1.807, 2.05) is 35.7 Å². The summed E-state index contributed by atoms with van der Waals surface area (Å²) >= 11 is 3.31. The molecule has 3 rings (SSSR count). The third kappa shape index (κ3) is 4.03. The highest BCUT2D eigenvalue weighted by molar-refractivity contribution is 9.10. The van der Waals surface area contributed by atoms with E-state index in [-0.39, 0.29) is 24.4 Å². The maximum Gasteiger partial charge on any atom is 0.251 e. The maximum absolute atomic E-state index is 12.1. The third-order valence-corrected chi connectivity index (χ3v) is 4.15. The highest BCUT2D eigenvalue weighted by atomic mass is 79.9. The predicted molar refractivity (Wildman–Crippen MR) is 96.0 cm³/mol. The summed E-state index contributed by atoms with van der Waals surface area (Å²) in [5, 5.41) is 13.6. The molecule has 0 fully saturated rings. The zero-order valence-corrected chi connectivity index (χ0v) is 15.0. The van der Waals surface area contributed by atoms with E-state index in [2.05, 4.69) is 36.8 Å². The Balaban J connectivity index is 1.57.